The molecule has 4 nitrogen and oxygen atoms in total. The van der Waals surface area contributed by atoms with E-state index in [2.05, 4.69) is 42.3 Å². The molecular weight excluding hydrogens is 248 g/mol. The molecule has 1 atom stereocenters. The Morgan fingerprint density at radius 3 is 2.65 bits per heavy atom. The summed E-state index contributed by atoms with van der Waals surface area (Å²) in [5.74, 6) is 0. The van der Waals surface area contributed by atoms with Crippen LogP contribution in [0.1, 0.15) is 52.0 Å². The van der Waals surface area contributed by atoms with E-state index in [9.17, 15) is 0 Å². The zero-order valence-electron chi connectivity index (χ0n) is 13.5. The maximum Gasteiger partial charge on any atom is 0.0534 e. The lowest BCUT2D eigenvalue weighted by atomic mass is 9.87. The van der Waals surface area contributed by atoms with E-state index in [4.69, 9.17) is 0 Å². The highest BCUT2D eigenvalue weighted by Gasteiger charge is 2.36. The molecule has 0 saturated carbocycles. The van der Waals surface area contributed by atoms with Crippen molar-refractivity contribution in [3.8, 4) is 0 Å². The SMILES string of the molecule is CCCC1CNC(CC)(CC)CN1Cc1cnn(C)c1. The highest BCUT2D eigenvalue weighted by atomic mass is 15.3. The van der Waals surface area contributed by atoms with E-state index >= 15 is 0 Å². The van der Waals surface area contributed by atoms with Gasteiger partial charge in [0.1, 0.15) is 0 Å². The van der Waals surface area contributed by atoms with Crippen LogP contribution in [0.25, 0.3) is 0 Å². The second kappa shape index (κ2) is 6.72. The highest BCUT2D eigenvalue weighted by molar-refractivity contribution is 5.06. The molecule has 1 aromatic heterocycles. The zero-order valence-corrected chi connectivity index (χ0v) is 13.5. The van der Waals surface area contributed by atoms with Crippen molar-refractivity contribution < 1.29 is 0 Å². The van der Waals surface area contributed by atoms with Crippen LogP contribution in [0.4, 0.5) is 0 Å². The molecule has 0 bridgehead atoms. The number of rotatable bonds is 6. The molecule has 2 rings (SSSR count). The molecule has 1 aromatic rings. The molecule has 4 heteroatoms. The van der Waals surface area contributed by atoms with E-state index in [0.717, 1.165) is 19.6 Å². The van der Waals surface area contributed by atoms with Crippen LogP contribution in [0.15, 0.2) is 12.4 Å². The van der Waals surface area contributed by atoms with E-state index < -0.39 is 0 Å². The Morgan fingerprint density at radius 2 is 2.10 bits per heavy atom. The van der Waals surface area contributed by atoms with Gasteiger partial charge in [0.2, 0.25) is 0 Å². The fraction of sp³-hybridized carbons (Fsp3) is 0.812. The molecule has 20 heavy (non-hydrogen) atoms. The fourth-order valence-corrected chi connectivity index (χ4v) is 3.35. The second-order valence-electron chi connectivity index (χ2n) is 6.24. The van der Waals surface area contributed by atoms with Gasteiger partial charge in [0.05, 0.1) is 6.20 Å². The van der Waals surface area contributed by atoms with Crippen LogP contribution in [0.2, 0.25) is 0 Å². The predicted octanol–water partition coefficient (Wildman–Crippen LogP) is 2.55. The van der Waals surface area contributed by atoms with Crippen LogP contribution in [0.5, 0.6) is 0 Å². The Balaban J connectivity index is 2.10. The Bertz CT molecular complexity index is 408. The van der Waals surface area contributed by atoms with Crippen molar-refractivity contribution in [1.29, 1.82) is 0 Å². The average molecular weight is 278 g/mol. The van der Waals surface area contributed by atoms with Gasteiger partial charge in [0, 0.05) is 50.0 Å². The topological polar surface area (TPSA) is 33.1 Å². The van der Waals surface area contributed by atoms with Crippen molar-refractivity contribution in [2.75, 3.05) is 13.1 Å². The largest absolute Gasteiger partial charge is 0.308 e. The maximum atomic E-state index is 4.30. The molecule has 2 heterocycles. The van der Waals surface area contributed by atoms with Gasteiger partial charge in [0.25, 0.3) is 0 Å². The lowest BCUT2D eigenvalue weighted by Gasteiger charge is -2.47. The molecule has 1 aliphatic rings. The number of hydrogen-bond acceptors (Lipinski definition) is 3. The Labute approximate surface area is 123 Å². The number of piperazine rings is 1. The minimum atomic E-state index is 0.298. The van der Waals surface area contributed by atoms with E-state index in [1.165, 1.54) is 31.2 Å². The molecule has 1 N–H and O–H groups in total. The van der Waals surface area contributed by atoms with Crippen LogP contribution in [0, 0.1) is 0 Å². The quantitative estimate of drug-likeness (QED) is 0.868. The van der Waals surface area contributed by atoms with Crippen molar-refractivity contribution in [3.05, 3.63) is 18.0 Å². The van der Waals surface area contributed by atoms with E-state index in [1.54, 1.807) is 0 Å². The van der Waals surface area contributed by atoms with Gasteiger partial charge in [-0.15, -0.1) is 0 Å². The summed E-state index contributed by atoms with van der Waals surface area (Å²) in [5.41, 5.74) is 1.63. The summed E-state index contributed by atoms with van der Waals surface area (Å²) in [6.45, 7) is 10.2. The van der Waals surface area contributed by atoms with Gasteiger partial charge in [-0.2, -0.15) is 5.10 Å². The van der Waals surface area contributed by atoms with Crippen molar-refractivity contribution in [2.45, 2.75) is 64.6 Å². The highest BCUT2D eigenvalue weighted by Crippen LogP contribution is 2.25. The van der Waals surface area contributed by atoms with Gasteiger partial charge in [-0.25, -0.2) is 0 Å². The first-order valence-corrected chi connectivity index (χ1v) is 8.09. The van der Waals surface area contributed by atoms with Crippen molar-refractivity contribution in [3.63, 3.8) is 0 Å². The van der Waals surface area contributed by atoms with Gasteiger partial charge in [-0.05, 0) is 19.3 Å². The van der Waals surface area contributed by atoms with Gasteiger partial charge < -0.3 is 5.32 Å². The smallest absolute Gasteiger partial charge is 0.0534 e. The first-order chi connectivity index (χ1) is 9.62. The first kappa shape index (κ1) is 15.5. The van der Waals surface area contributed by atoms with E-state index in [1.807, 2.05) is 17.9 Å². The minimum absolute atomic E-state index is 0.298. The van der Waals surface area contributed by atoms with Gasteiger partial charge in [0.15, 0.2) is 0 Å². The van der Waals surface area contributed by atoms with Crippen LogP contribution in [-0.4, -0.2) is 39.4 Å². The molecule has 1 unspecified atom stereocenters. The normalized spacial score (nSPS) is 23.1. The second-order valence-corrected chi connectivity index (χ2v) is 6.24. The molecule has 0 spiro atoms. The fourth-order valence-electron chi connectivity index (χ4n) is 3.35. The number of aromatic nitrogens is 2. The molecule has 0 aliphatic carbocycles. The Kier molecular flexibility index (Phi) is 5.22. The van der Waals surface area contributed by atoms with Gasteiger partial charge in [-0.1, -0.05) is 27.2 Å². The van der Waals surface area contributed by atoms with Crippen molar-refractivity contribution >= 4 is 0 Å². The number of aryl methyl sites for hydroxylation is 1. The van der Waals surface area contributed by atoms with Crippen LogP contribution in [0.3, 0.4) is 0 Å². The number of nitrogens with one attached hydrogen (secondary N) is 1. The van der Waals surface area contributed by atoms with Gasteiger partial charge >= 0.3 is 0 Å². The number of nitrogens with zero attached hydrogens (tertiary/aromatic N) is 3. The zero-order chi connectivity index (χ0) is 14.6. The van der Waals surface area contributed by atoms with Crippen LogP contribution < -0.4 is 5.32 Å². The summed E-state index contributed by atoms with van der Waals surface area (Å²) in [6, 6.07) is 0.659. The molecular formula is C16H30N4. The minimum Gasteiger partial charge on any atom is -0.308 e. The van der Waals surface area contributed by atoms with E-state index in [-0.39, 0.29) is 0 Å². The summed E-state index contributed by atoms with van der Waals surface area (Å²) >= 11 is 0. The third-order valence-electron chi connectivity index (χ3n) is 4.85. The van der Waals surface area contributed by atoms with Crippen LogP contribution in [-0.2, 0) is 13.6 Å². The molecule has 1 fully saturated rings. The summed E-state index contributed by atoms with van der Waals surface area (Å²) in [5, 5.41) is 8.13. The number of hydrogen-bond donors (Lipinski definition) is 1. The Morgan fingerprint density at radius 1 is 1.35 bits per heavy atom. The monoisotopic (exact) mass is 278 g/mol. The maximum absolute atomic E-state index is 4.30. The lowest BCUT2D eigenvalue weighted by molar-refractivity contribution is 0.0616. The molecule has 0 aromatic carbocycles. The molecule has 114 valence electrons. The molecule has 0 amide bonds. The predicted molar refractivity (Wildman–Crippen MR) is 83.6 cm³/mol. The first-order valence-electron chi connectivity index (χ1n) is 8.09. The average Bonchev–Trinajstić information content (AvgIpc) is 2.86. The summed E-state index contributed by atoms with van der Waals surface area (Å²) in [4.78, 5) is 2.67. The summed E-state index contributed by atoms with van der Waals surface area (Å²) < 4.78 is 1.90. The molecule has 1 aliphatic heterocycles. The third kappa shape index (κ3) is 3.41. The molecule has 1 saturated heterocycles. The van der Waals surface area contributed by atoms with Crippen molar-refractivity contribution in [1.82, 2.24) is 20.0 Å². The third-order valence-corrected chi connectivity index (χ3v) is 4.85. The van der Waals surface area contributed by atoms with E-state index in [0.29, 0.717) is 11.6 Å². The summed E-state index contributed by atoms with van der Waals surface area (Å²) in [6.07, 6.45) is 9.07. The summed E-state index contributed by atoms with van der Waals surface area (Å²) in [7, 11) is 1.99. The molecule has 0 radical (unpaired) electrons. The standard InChI is InChI=1S/C16H30N4/c1-5-8-15-10-17-16(6-2,7-3)13-20(15)12-14-9-18-19(4)11-14/h9,11,15,17H,5-8,10,12-13H2,1-4H3. The van der Waals surface area contributed by atoms with Gasteiger partial charge in [-0.3, -0.25) is 9.58 Å². The van der Waals surface area contributed by atoms with Crippen molar-refractivity contribution in [2.24, 2.45) is 7.05 Å². The Hall–Kier alpha value is -0.870. The lowest BCUT2D eigenvalue weighted by Crippen LogP contribution is -2.63. The van der Waals surface area contributed by atoms with Crippen LogP contribution >= 0.6 is 0 Å².